The second-order valence-electron chi connectivity index (χ2n) is 3.23. The van der Waals surface area contributed by atoms with Crippen LogP contribution < -0.4 is 5.73 Å². The van der Waals surface area contributed by atoms with Crippen molar-refractivity contribution in [1.82, 2.24) is 4.90 Å². The van der Waals surface area contributed by atoms with Crippen molar-refractivity contribution in [2.75, 3.05) is 19.3 Å². The number of nitrogen functional groups attached to an aromatic ring is 1. The first-order valence-electron chi connectivity index (χ1n) is 4.29. The highest BCUT2D eigenvalue weighted by molar-refractivity contribution is 9.10. The van der Waals surface area contributed by atoms with Gasteiger partial charge < -0.3 is 5.73 Å². The van der Waals surface area contributed by atoms with Gasteiger partial charge in [-0.1, -0.05) is 27.9 Å². The van der Waals surface area contributed by atoms with Gasteiger partial charge in [0, 0.05) is 16.7 Å². The molecule has 1 aromatic rings. The molecule has 1 rings (SSSR count). The second kappa shape index (κ2) is 5.04. The van der Waals surface area contributed by atoms with Gasteiger partial charge in [0.2, 0.25) is 0 Å². The lowest BCUT2D eigenvalue weighted by molar-refractivity contribution is 0.368. The third-order valence-corrected chi connectivity index (χ3v) is 2.62. The summed E-state index contributed by atoms with van der Waals surface area (Å²) in [6, 6.07) is 5.80. The molecule has 0 aliphatic rings. The van der Waals surface area contributed by atoms with Crippen LogP contribution in [0.25, 0.3) is 0 Å². The minimum Gasteiger partial charge on any atom is -0.399 e. The van der Waals surface area contributed by atoms with Gasteiger partial charge in [0.05, 0.1) is 6.54 Å². The molecule has 0 radical (unpaired) electrons. The maximum Gasteiger partial charge on any atom is 0.0599 e. The van der Waals surface area contributed by atoms with Gasteiger partial charge in [-0.3, -0.25) is 4.90 Å². The van der Waals surface area contributed by atoms with Crippen molar-refractivity contribution < 1.29 is 0 Å². The van der Waals surface area contributed by atoms with Crippen LogP contribution in [0.3, 0.4) is 0 Å². The molecule has 0 aliphatic heterocycles. The maximum absolute atomic E-state index is 5.64. The highest BCUT2D eigenvalue weighted by Gasteiger charge is 2.03. The number of hydrogen-bond acceptors (Lipinski definition) is 2. The summed E-state index contributed by atoms with van der Waals surface area (Å²) < 4.78 is 1.03. The van der Waals surface area contributed by atoms with Crippen LogP contribution in [-0.2, 0) is 6.54 Å². The number of halogens is 1. The zero-order valence-corrected chi connectivity index (χ0v) is 9.71. The average Bonchev–Trinajstić information content (AvgIpc) is 2.10. The first-order chi connectivity index (χ1) is 6.63. The third-order valence-electron chi connectivity index (χ3n) is 1.88. The lowest BCUT2D eigenvalue weighted by atomic mass is 10.2. The van der Waals surface area contributed by atoms with E-state index in [0.717, 1.165) is 16.7 Å². The molecule has 0 atom stereocenters. The minimum atomic E-state index is 0.650. The van der Waals surface area contributed by atoms with Crippen LogP contribution in [0.1, 0.15) is 5.56 Å². The van der Waals surface area contributed by atoms with E-state index < -0.39 is 0 Å². The van der Waals surface area contributed by atoms with Crippen LogP contribution in [0, 0.1) is 12.3 Å². The van der Waals surface area contributed by atoms with E-state index in [1.807, 2.05) is 25.2 Å². The van der Waals surface area contributed by atoms with Crippen molar-refractivity contribution in [3.63, 3.8) is 0 Å². The maximum atomic E-state index is 5.64. The van der Waals surface area contributed by atoms with Crippen LogP contribution in [0.2, 0.25) is 0 Å². The van der Waals surface area contributed by atoms with Gasteiger partial charge in [0.25, 0.3) is 0 Å². The molecule has 0 saturated carbocycles. The number of nitrogens with zero attached hydrogens (tertiary/aromatic N) is 1. The largest absolute Gasteiger partial charge is 0.399 e. The van der Waals surface area contributed by atoms with Crippen LogP contribution in [-0.4, -0.2) is 18.5 Å². The quantitative estimate of drug-likeness (QED) is 0.660. The molecule has 1 aromatic carbocycles. The molecule has 14 heavy (non-hydrogen) atoms. The Bertz CT molecular complexity index is 355. The van der Waals surface area contributed by atoms with Crippen molar-refractivity contribution in [2.24, 2.45) is 0 Å². The number of terminal acetylenes is 1. The Morgan fingerprint density at radius 3 is 2.86 bits per heavy atom. The SMILES string of the molecule is C#CCN(C)Cc1ccc(N)cc1Br. The van der Waals surface area contributed by atoms with Crippen molar-refractivity contribution in [2.45, 2.75) is 6.54 Å². The molecule has 2 nitrogen and oxygen atoms in total. The zero-order valence-electron chi connectivity index (χ0n) is 8.13. The van der Waals surface area contributed by atoms with E-state index in [9.17, 15) is 0 Å². The molecule has 0 amide bonds. The monoisotopic (exact) mass is 252 g/mol. The smallest absolute Gasteiger partial charge is 0.0599 e. The molecular formula is C11H13BrN2. The summed E-state index contributed by atoms with van der Waals surface area (Å²) in [6.45, 7) is 1.47. The second-order valence-corrected chi connectivity index (χ2v) is 4.08. The van der Waals surface area contributed by atoms with Gasteiger partial charge in [-0.05, 0) is 24.7 Å². The number of hydrogen-bond donors (Lipinski definition) is 1. The van der Waals surface area contributed by atoms with Gasteiger partial charge in [-0.2, -0.15) is 0 Å². The van der Waals surface area contributed by atoms with Crippen molar-refractivity contribution >= 4 is 21.6 Å². The summed E-state index contributed by atoms with van der Waals surface area (Å²) in [4.78, 5) is 2.07. The topological polar surface area (TPSA) is 29.3 Å². The van der Waals surface area contributed by atoms with Gasteiger partial charge in [0.15, 0.2) is 0 Å². The van der Waals surface area contributed by atoms with Crippen molar-refractivity contribution in [3.05, 3.63) is 28.2 Å². The fourth-order valence-electron chi connectivity index (χ4n) is 1.19. The molecular weight excluding hydrogens is 240 g/mol. The van der Waals surface area contributed by atoms with Crippen molar-refractivity contribution in [1.29, 1.82) is 0 Å². The fraction of sp³-hybridized carbons (Fsp3) is 0.273. The molecule has 74 valence electrons. The Labute approximate surface area is 93.2 Å². The average molecular weight is 253 g/mol. The fourth-order valence-corrected chi connectivity index (χ4v) is 1.72. The molecule has 0 heterocycles. The first kappa shape index (κ1) is 11.1. The summed E-state index contributed by atoms with van der Waals surface area (Å²) in [5, 5.41) is 0. The molecule has 0 unspecified atom stereocenters. The van der Waals surface area contributed by atoms with Gasteiger partial charge in [-0.15, -0.1) is 6.42 Å². The molecule has 0 saturated heterocycles. The lowest BCUT2D eigenvalue weighted by Crippen LogP contribution is -2.18. The third kappa shape index (κ3) is 3.06. The Hall–Kier alpha value is -0.980. The van der Waals surface area contributed by atoms with E-state index in [1.165, 1.54) is 5.56 Å². The van der Waals surface area contributed by atoms with Crippen LogP contribution in [0.4, 0.5) is 5.69 Å². The molecule has 0 bridgehead atoms. The van der Waals surface area contributed by atoms with E-state index >= 15 is 0 Å². The Balaban J connectivity index is 2.73. The summed E-state index contributed by atoms with van der Waals surface area (Å²) >= 11 is 3.47. The molecule has 0 spiro atoms. The van der Waals surface area contributed by atoms with Crippen LogP contribution in [0.15, 0.2) is 22.7 Å². The summed E-state index contributed by atoms with van der Waals surface area (Å²) in [5.41, 5.74) is 7.60. The van der Waals surface area contributed by atoms with E-state index in [0.29, 0.717) is 6.54 Å². The molecule has 3 heteroatoms. The Morgan fingerprint density at radius 1 is 1.57 bits per heavy atom. The van der Waals surface area contributed by atoms with Gasteiger partial charge in [0.1, 0.15) is 0 Å². The number of rotatable bonds is 3. The molecule has 2 N–H and O–H groups in total. The molecule has 0 aromatic heterocycles. The minimum absolute atomic E-state index is 0.650. The number of benzene rings is 1. The number of anilines is 1. The summed E-state index contributed by atoms with van der Waals surface area (Å²) in [7, 11) is 1.99. The van der Waals surface area contributed by atoms with E-state index in [2.05, 4.69) is 26.8 Å². The van der Waals surface area contributed by atoms with Crippen molar-refractivity contribution in [3.8, 4) is 12.3 Å². The van der Waals surface area contributed by atoms with Crippen LogP contribution >= 0.6 is 15.9 Å². The van der Waals surface area contributed by atoms with E-state index in [4.69, 9.17) is 12.2 Å². The zero-order chi connectivity index (χ0) is 10.6. The lowest BCUT2D eigenvalue weighted by Gasteiger charge is -2.14. The van der Waals surface area contributed by atoms with E-state index in [-0.39, 0.29) is 0 Å². The van der Waals surface area contributed by atoms with Gasteiger partial charge >= 0.3 is 0 Å². The highest BCUT2D eigenvalue weighted by Crippen LogP contribution is 2.20. The first-order valence-corrected chi connectivity index (χ1v) is 5.08. The Kier molecular flexibility index (Phi) is 3.99. The predicted octanol–water partition coefficient (Wildman–Crippen LogP) is 2.10. The number of nitrogens with two attached hydrogens (primary N) is 1. The molecule has 0 aliphatic carbocycles. The Morgan fingerprint density at radius 2 is 2.29 bits per heavy atom. The summed E-state index contributed by atoms with van der Waals surface area (Å²) in [6.07, 6.45) is 5.22. The van der Waals surface area contributed by atoms with Crippen LogP contribution in [0.5, 0.6) is 0 Å². The predicted molar refractivity (Wildman–Crippen MR) is 63.7 cm³/mol. The van der Waals surface area contributed by atoms with Gasteiger partial charge in [-0.25, -0.2) is 0 Å². The normalized spacial score (nSPS) is 10.1. The van der Waals surface area contributed by atoms with E-state index in [1.54, 1.807) is 0 Å². The standard InChI is InChI=1S/C11H13BrN2/c1-3-6-14(2)8-9-4-5-10(13)7-11(9)12/h1,4-5,7H,6,8,13H2,2H3. The summed E-state index contributed by atoms with van der Waals surface area (Å²) in [5.74, 6) is 2.60. The highest BCUT2D eigenvalue weighted by atomic mass is 79.9. The molecule has 0 fully saturated rings.